The van der Waals surface area contributed by atoms with Gasteiger partial charge in [0, 0.05) is 17.6 Å². The van der Waals surface area contributed by atoms with Gasteiger partial charge in [-0.3, -0.25) is 4.79 Å². The fraction of sp³-hybridized carbons (Fsp3) is 0.143. The summed E-state index contributed by atoms with van der Waals surface area (Å²) in [6.07, 6.45) is 1.59. The van der Waals surface area contributed by atoms with Crippen LogP contribution in [0.2, 0.25) is 0 Å². The van der Waals surface area contributed by atoms with E-state index in [1.54, 1.807) is 31.2 Å². The zero-order valence-corrected chi connectivity index (χ0v) is 10.0. The first-order valence-corrected chi connectivity index (χ1v) is 5.58. The number of carbonyl (C=O) groups is 1. The molecule has 0 unspecified atom stereocenters. The van der Waals surface area contributed by atoms with Crippen LogP contribution in [0, 0.1) is 12.7 Å². The maximum absolute atomic E-state index is 13.7. The Morgan fingerprint density at radius 2 is 2.33 bits per heavy atom. The molecule has 0 atom stereocenters. The molecule has 0 aliphatic heterocycles. The molecule has 0 radical (unpaired) electrons. The van der Waals surface area contributed by atoms with Crippen molar-refractivity contribution < 1.29 is 9.18 Å². The summed E-state index contributed by atoms with van der Waals surface area (Å²) in [6, 6.07) is 6.24. The minimum atomic E-state index is -0.422. The van der Waals surface area contributed by atoms with Gasteiger partial charge in [0.25, 0.3) is 5.91 Å². The van der Waals surface area contributed by atoms with Crippen molar-refractivity contribution in [1.29, 1.82) is 0 Å². The first-order chi connectivity index (χ1) is 8.63. The number of aromatic nitrogens is 1. The Bertz CT molecular complexity index is 622. The summed E-state index contributed by atoms with van der Waals surface area (Å²) in [4.78, 5) is 16.1. The molecule has 1 aromatic heterocycles. The average Bonchev–Trinajstić information content (AvgIpc) is 2.36. The Kier molecular flexibility index (Phi) is 3.37. The number of nitrogens with zero attached hydrogens (tertiary/aromatic N) is 1. The van der Waals surface area contributed by atoms with Gasteiger partial charge in [-0.2, -0.15) is 0 Å². The number of rotatable bonds is 3. The van der Waals surface area contributed by atoms with E-state index in [1.165, 1.54) is 6.07 Å². The van der Waals surface area contributed by atoms with Crippen LogP contribution in [-0.2, 0) is 0 Å². The number of aryl methyl sites for hydroxylation is 1. The number of carbonyl (C=O) groups excluding carboxylic acids is 1. The van der Waals surface area contributed by atoms with Crippen LogP contribution >= 0.6 is 0 Å². The lowest BCUT2D eigenvalue weighted by molar-refractivity contribution is 0.0959. The Morgan fingerprint density at radius 1 is 1.56 bits per heavy atom. The highest BCUT2D eigenvalue weighted by atomic mass is 19.1. The molecule has 92 valence electrons. The zero-order valence-electron chi connectivity index (χ0n) is 10.0. The summed E-state index contributed by atoms with van der Waals surface area (Å²) >= 11 is 0. The predicted octanol–water partition coefficient (Wildman–Crippen LogP) is 2.60. The largest absolute Gasteiger partial charge is 0.349 e. The van der Waals surface area contributed by atoms with Crippen LogP contribution in [0.25, 0.3) is 10.9 Å². The first-order valence-electron chi connectivity index (χ1n) is 5.58. The summed E-state index contributed by atoms with van der Waals surface area (Å²) in [7, 11) is 0. The van der Waals surface area contributed by atoms with Gasteiger partial charge in [0.1, 0.15) is 11.3 Å². The highest BCUT2D eigenvalue weighted by Gasteiger charge is 2.13. The second-order valence-corrected chi connectivity index (χ2v) is 3.95. The lowest BCUT2D eigenvalue weighted by Gasteiger charge is -2.08. The van der Waals surface area contributed by atoms with Gasteiger partial charge in [0.05, 0.1) is 5.56 Å². The Hall–Kier alpha value is -2.23. The molecule has 0 bridgehead atoms. The van der Waals surface area contributed by atoms with Crippen molar-refractivity contribution in [2.24, 2.45) is 0 Å². The van der Waals surface area contributed by atoms with Crippen LogP contribution in [0.5, 0.6) is 0 Å². The molecule has 1 N–H and O–H groups in total. The molecular weight excluding hydrogens is 231 g/mol. The molecule has 2 rings (SSSR count). The van der Waals surface area contributed by atoms with Gasteiger partial charge in [-0.05, 0) is 19.1 Å². The van der Waals surface area contributed by atoms with Crippen LogP contribution < -0.4 is 5.32 Å². The van der Waals surface area contributed by atoms with Crippen LogP contribution in [-0.4, -0.2) is 17.4 Å². The molecule has 1 aromatic carbocycles. The van der Waals surface area contributed by atoms with E-state index in [2.05, 4.69) is 16.9 Å². The van der Waals surface area contributed by atoms with Crippen LogP contribution in [0.15, 0.2) is 36.9 Å². The van der Waals surface area contributed by atoms with Gasteiger partial charge < -0.3 is 5.32 Å². The SMILES string of the molecule is C=CCNC(=O)c1cc(C)nc2c(F)cccc12. The van der Waals surface area contributed by atoms with Gasteiger partial charge in [0.2, 0.25) is 0 Å². The lowest BCUT2D eigenvalue weighted by atomic mass is 10.1. The van der Waals surface area contributed by atoms with E-state index < -0.39 is 5.82 Å². The molecule has 1 amide bonds. The highest BCUT2D eigenvalue weighted by molar-refractivity contribution is 6.06. The number of pyridine rings is 1. The number of benzene rings is 1. The first kappa shape index (κ1) is 12.2. The van der Waals surface area contributed by atoms with E-state index >= 15 is 0 Å². The molecule has 3 nitrogen and oxygen atoms in total. The number of para-hydroxylation sites is 1. The molecule has 0 spiro atoms. The fourth-order valence-corrected chi connectivity index (χ4v) is 1.79. The van der Waals surface area contributed by atoms with Crippen molar-refractivity contribution in [3.63, 3.8) is 0 Å². The molecule has 18 heavy (non-hydrogen) atoms. The van der Waals surface area contributed by atoms with Gasteiger partial charge >= 0.3 is 0 Å². The van der Waals surface area contributed by atoms with Gasteiger partial charge in [-0.25, -0.2) is 9.37 Å². The molecule has 0 saturated heterocycles. The van der Waals surface area contributed by atoms with Gasteiger partial charge in [-0.1, -0.05) is 18.2 Å². The third kappa shape index (κ3) is 2.22. The standard InChI is InChI=1S/C14H13FN2O/c1-3-7-16-14(18)11-8-9(2)17-13-10(11)5-4-6-12(13)15/h3-6,8H,1,7H2,2H3,(H,16,18). The maximum Gasteiger partial charge on any atom is 0.252 e. The topological polar surface area (TPSA) is 42.0 Å². The number of fused-ring (bicyclic) bond motifs is 1. The van der Waals surface area contributed by atoms with Crippen LogP contribution in [0.1, 0.15) is 16.1 Å². The molecule has 2 aromatic rings. The van der Waals surface area contributed by atoms with Crippen molar-refractivity contribution in [3.05, 3.63) is 54.0 Å². The minimum absolute atomic E-state index is 0.223. The molecule has 0 saturated carbocycles. The van der Waals surface area contributed by atoms with Gasteiger partial charge in [-0.15, -0.1) is 6.58 Å². The van der Waals surface area contributed by atoms with Crippen molar-refractivity contribution in [2.75, 3.05) is 6.54 Å². The Labute approximate surface area is 104 Å². The van der Waals surface area contributed by atoms with Crippen molar-refractivity contribution >= 4 is 16.8 Å². The number of amides is 1. The van der Waals surface area contributed by atoms with Crippen molar-refractivity contribution in [2.45, 2.75) is 6.92 Å². The van der Waals surface area contributed by atoms with E-state index in [4.69, 9.17) is 0 Å². The molecule has 4 heteroatoms. The van der Waals surface area contributed by atoms with Crippen molar-refractivity contribution in [1.82, 2.24) is 10.3 Å². The average molecular weight is 244 g/mol. The fourth-order valence-electron chi connectivity index (χ4n) is 1.79. The van der Waals surface area contributed by atoms with E-state index in [1.807, 2.05) is 0 Å². The molecule has 0 aliphatic rings. The Balaban J connectivity index is 2.59. The smallest absolute Gasteiger partial charge is 0.252 e. The number of nitrogens with one attached hydrogen (secondary N) is 1. The normalized spacial score (nSPS) is 10.3. The summed E-state index contributed by atoms with van der Waals surface area (Å²) in [5.74, 6) is -0.676. The molecule has 1 heterocycles. The second-order valence-electron chi connectivity index (χ2n) is 3.95. The maximum atomic E-state index is 13.7. The molecule has 0 aliphatic carbocycles. The third-order valence-corrected chi connectivity index (χ3v) is 2.57. The lowest BCUT2D eigenvalue weighted by Crippen LogP contribution is -2.23. The van der Waals surface area contributed by atoms with E-state index in [0.29, 0.717) is 23.2 Å². The Morgan fingerprint density at radius 3 is 3.06 bits per heavy atom. The van der Waals surface area contributed by atoms with E-state index in [9.17, 15) is 9.18 Å². The molecular formula is C14H13FN2O. The van der Waals surface area contributed by atoms with Gasteiger partial charge in [0.15, 0.2) is 0 Å². The second kappa shape index (κ2) is 4.96. The number of hydrogen-bond acceptors (Lipinski definition) is 2. The summed E-state index contributed by atoms with van der Waals surface area (Å²) in [5, 5.41) is 3.20. The number of hydrogen-bond donors (Lipinski definition) is 1. The quantitative estimate of drug-likeness (QED) is 0.843. The highest BCUT2D eigenvalue weighted by Crippen LogP contribution is 2.20. The monoisotopic (exact) mass is 244 g/mol. The third-order valence-electron chi connectivity index (χ3n) is 2.57. The number of halogens is 1. The summed E-state index contributed by atoms with van der Waals surface area (Å²) in [5.41, 5.74) is 1.26. The van der Waals surface area contributed by atoms with Crippen LogP contribution in [0.4, 0.5) is 4.39 Å². The summed E-state index contributed by atoms with van der Waals surface area (Å²) < 4.78 is 13.7. The zero-order chi connectivity index (χ0) is 13.1. The van der Waals surface area contributed by atoms with E-state index in [-0.39, 0.29) is 11.4 Å². The summed E-state index contributed by atoms with van der Waals surface area (Å²) in [6.45, 7) is 5.64. The van der Waals surface area contributed by atoms with Crippen molar-refractivity contribution in [3.8, 4) is 0 Å². The minimum Gasteiger partial charge on any atom is -0.349 e. The van der Waals surface area contributed by atoms with E-state index in [0.717, 1.165) is 0 Å². The van der Waals surface area contributed by atoms with Crippen LogP contribution in [0.3, 0.4) is 0 Å². The predicted molar refractivity (Wildman–Crippen MR) is 69.0 cm³/mol. The molecule has 0 fully saturated rings.